The summed E-state index contributed by atoms with van der Waals surface area (Å²) in [5.41, 5.74) is 0. The minimum Gasteiger partial charge on any atom is -0.355 e. The molecule has 1 saturated heterocycles. The Bertz CT molecular complexity index is 255. The molecule has 0 saturated carbocycles. The van der Waals surface area contributed by atoms with Gasteiger partial charge in [0, 0.05) is 19.0 Å². The first-order chi connectivity index (χ1) is 7.63. The normalized spacial score (nSPS) is 20.2. The van der Waals surface area contributed by atoms with E-state index < -0.39 is 6.04 Å². The highest BCUT2D eigenvalue weighted by Gasteiger charge is 2.20. The van der Waals surface area contributed by atoms with Crippen LogP contribution in [-0.4, -0.2) is 37.0 Å². The Kier molecular flexibility index (Phi) is 7.91. The molecule has 0 spiro atoms. The van der Waals surface area contributed by atoms with Gasteiger partial charge in [0.15, 0.2) is 0 Å². The van der Waals surface area contributed by atoms with Crippen LogP contribution in [-0.2, 0) is 9.59 Å². The van der Waals surface area contributed by atoms with E-state index >= 15 is 0 Å². The van der Waals surface area contributed by atoms with E-state index in [1.165, 1.54) is 0 Å². The Hall–Kier alpha value is -0.810. The lowest BCUT2D eigenvalue weighted by atomic mass is 10.1. The van der Waals surface area contributed by atoms with E-state index in [2.05, 4.69) is 16.0 Å². The van der Waals surface area contributed by atoms with Crippen molar-refractivity contribution in [3.63, 3.8) is 0 Å². The summed E-state index contributed by atoms with van der Waals surface area (Å²) in [7, 11) is 0. The summed E-state index contributed by atoms with van der Waals surface area (Å²) in [6, 6.07) is -0.171. The first-order valence-electron chi connectivity index (χ1n) is 5.94. The third kappa shape index (κ3) is 5.89. The molecule has 0 aromatic rings. The first-order valence-corrected chi connectivity index (χ1v) is 5.94. The standard InChI is InChI=1S/C11H21N3O2.ClH/c1-3-12-11(16)8(2)14-10(15)7-9-5-4-6-13-9;/h8-9,13H,3-7H2,1-2H3,(H,12,16)(H,14,15);1H. The maximum absolute atomic E-state index is 11.6. The molecule has 100 valence electrons. The molecular weight excluding hydrogens is 242 g/mol. The van der Waals surface area contributed by atoms with Gasteiger partial charge < -0.3 is 16.0 Å². The van der Waals surface area contributed by atoms with Crippen LogP contribution < -0.4 is 16.0 Å². The summed E-state index contributed by atoms with van der Waals surface area (Å²) in [5.74, 6) is -0.187. The molecule has 5 nitrogen and oxygen atoms in total. The maximum atomic E-state index is 11.6. The number of carbonyl (C=O) groups excluding carboxylic acids is 2. The summed E-state index contributed by atoms with van der Waals surface area (Å²) < 4.78 is 0. The Balaban J connectivity index is 0.00000256. The molecule has 0 aliphatic carbocycles. The lowest BCUT2D eigenvalue weighted by Gasteiger charge is -2.15. The molecular formula is C11H22ClN3O2. The Morgan fingerprint density at radius 1 is 1.47 bits per heavy atom. The number of rotatable bonds is 5. The number of nitrogens with one attached hydrogen (secondary N) is 3. The number of likely N-dealkylation sites (N-methyl/N-ethyl adjacent to an activating group) is 1. The van der Waals surface area contributed by atoms with Crippen LogP contribution in [0.4, 0.5) is 0 Å². The second-order valence-corrected chi connectivity index (χ2v) is 4.18. The molecule has 1 aliphatic heterocycles. The molecule has 1 aliphatic rings. The van der Waals surface area contributed by atoms with Gasteiger partial charge in [-0.05, 0) is 33.2 Å². The molecule has 6 heteroatoms. The fourth-order valence-corrected chi connectivity index (χ4v) is 1.85. The van der Waals surface area contributed by atoms with E-state index in [0.717, 1.165) is 19.4 Å². The SMILES string of the molecule is CCNC(=O)C(C)NC(=O)CC1CCCN1.Cl. The summed E-state index contributed by atoms with van der Waals surface area (Å²) in [5, 5.41) is 8.63. The zero-order valence-corrected chi connectivity index (χ0v) is 11.2. The second-order valence-electron chi connectivity index (χ2n) is 4.18. The van der Waals surface area contributed by atoms with Gasteiger partial charge in [-0.1, -0.05) is 0 Å². The maximum Gasteiger partial charge on any atom is 0.242 e. The highest BCUT2D eigenvalue weighted by Crippen LogP contribution is 2.08. The summed E-state index contributed by atoms with van der Waals surface area (Å²) in [6.07, 6.45) is 2.64. The monoisotopic (exact) mass is 263 g/mol. The van der Waals surface area contributed by atoms with Gasteiger partial charge in [0.1, 0.15) is 6.04 Å². The van der Waals surface area contributed by atoms with Crippen molar-refractivity contribution < 1.29 is 9.59 Å². The largest absolute Gasteiger partial charge is 0.355 e. The lowest BCUT2D eigenvalue weighted by molar-refractivity contribution is -0.128. The number of amides is 2. The zero-order chi connectivity index (χ0) is 12.0. The predicted molar refractivity (Wildman–Crippen MR) is 69.2 cm³/mol. The highest BCUT2D eigenvalue weighted by atomic mass is 35.5. The third-order valence-corrected chi connectivity index (χ3v) is 2.72. The van der Waals surface area contributed by atoms with Crippen molar-refractivity contribution in [1.29, 1.82) is 0 Å². The zero-order valence-electron chi connectivity index (χ0n) is 10.4. The van der Waals surface area contributed by atoms with Gasteiger partial charge in [0.2, 0.25) is 11.8 Å². The van der Waals surface area contributed by atoms with Crippen LogP contribution >= 0.6 is 12.4 Å². The van der Waals surface area contributed by atoms with Crippen LogP contribution in [0.25, 0.3) is 0 Å². The van der Waals surface area contributed by atoms with Crippen LogP contribution in [0.5, 0.6) is 0 Å². The quantitative estimate of drug-likeness (QED) is 0.663. The molecule has 0 aromatic heterocycles. The van der Waals surface area contributed by atoms with E-state index in [0.29, 0.717) is 13.0 Å². The first kappa shape index (κ1) is 16.2. The van der Waals surface area contributed by atoms with E-state index in [-0.39, 0.29) is 30.3 Å². The molecule has 0 radical (unpaired) electrons. The number of halogens is 1. The van der Waals surface area contributed by atoms with E-state index in [1.807, 2.05) is 6.92 Å². The topological polar surface area (TPSA) is 70.2 Å². The molecule has 2 atom stereocenters. The molecule has 0 aromatic carbocycles. The predicted octanol–water partition coefficient (Wildman–Crippen LogP) is 0.191. The Labute approximate surface area is 109 Å². The lowest BCUT2D eigenvalue weighted by Crippen LogP contribution is -2.45. The van der Waals surface area contributed by atoms with Crippen molar-refractivity contribution >= 4 is 24.2 Å². The molecule has 1 fully saturated rings. The Morgan fingerprint density at radius 3 is 2.71 bits per heavy atom. The fraction of sp³-hybridized carbons (Fsp3) is 0.818. The fourth-order valence-electron chi connectivity index (χ4n) is 1.85. The van der Waals surface area contributed by atoms with Gasteiger partial charge in [0.05, 0.1) is 0 Å². The van der Waals surface area contributed by atoms with E-state index in [4.69, 9.17) is 0 Å². The summed E-state index contributed by atoms with van der Waals surface area (Å²) in [6.45, 7) is 5.13. The van der Waals surface area contributed by atoms with Crippen molar-refractivity contribution in [1.82, 2.24) is 16.0 Å². The van der Waals surface area contributed by atoms with Crippen LogP contribution in [0.1, 0.15) is 33.1 Å². The number of hydrogen-bond acceptors (Lipinski definition) is 3. The van der Waals surface area contributed by atoms with Crippen molar-refractivity contribution in [2.45, 2.75) is 45.2 Å². The molecule has 2 unspecified atom stereocenters. The molecule has 1 heterocycles. The van der Waals surface area contributed by atoms with Crippen LogP contribution in [0, 0.1) is 0 Å². The average molecular weight is 264 g/mol. The molecule has 17 heavy (non-hydrogen) atoms. The van der Waals surface area contributed by atoms with Gasteiger partial charge in [-0.2, -0.15) is 0 Å². The molecule has 2 amide bonds. The van der Waals surface area contributed by atoms with Crippen molar-refractivity contribution in [2.24, 2.45) is 0 Å². The second kappa shape index (κ2) is 8.31. The average Bonchev–Trinajstić information content (AvgIpc) is 2.70. The number of carbonyl (C=O) groups is 2. The van der Waals surface area contributed by atoms with Gasteiger partial charge >= 0.3 is 0 Å². The van der Waals surface area contributed by atoms with Gasteiger partial charge in [0.25, 0.3) is 0 Å². The molecule has 3 N–H and O–H groups in total. The van der Waals surface area contributed by atoms with Gasteiger partial charge in [-0.25, -0.2) is 0 Å². The highest BCUT2D eigenvalue weighted by molar-refractivity contribution is 5.87. The van der Waals surface area contributed by atoms with Crippen molar-refractivity contribution in [2.75, 3.05) is 13.1 Å². The summed E-state index contributed by atoms with van der Waals surface area (Å²) in [4.78, 5) is 23.0. The Morgan fingerprint density at radius 2 is 2.18 bits per heavy atom. The minimum atomic E-state index is -0.450. The van der Waals surface area contributed by atoms with Crippen molar-refractivity contribution in [3.05, 3.63) is 0 Å². The van der Waals surface area contributed by atoms with Crippen LogP contribution in [0.15, 0.2) is 0 Å². The number of hydrogen-bond donors (Lipinski definition) is 3. The van der Waals surface area contributed by atoms with E-state index in [9.17, 15) is 9.59 Å². The third-order valence-electron chi connectivity index (χ3n) is 2.72. The van der Waals surface area contributed by atoms with Gasteiger partial charge in [-0.3, -0.25) is 9.59 Å². The van der Waals surface area contributed by atoms with Gasteiger partial charge in [-0.15, -0.1) is 12.4 Å². The minimum absolute atomic E-state index is 0. The van der Waals surface area contributed by atoms with Crippen molar-refractivity contribution in [3.8, 4) is 0 Å². The summed E-state index contributed by atoms with van der Waals surface area (Å²) >= 11 is 0. The smallest absolute Gasteiger partial charge is 0.242 e. The van der Waals surface area contributed by atoms with E-state index in [1.54, 1.807) is 6.92 Å². The van der Waals surface area contributed by atoms with Crippen LogP contribution in [0.3, 0.4) is 0 Å². The molecule has 1 rings (SSSR count). The molecule has 0 bridgehead atoms. The van der Waals surface area contributed by atoms with Crippen LogP contribution in [0.2, 0.25) is 0 Å².